The van der Waals surface area contributed by atoms with E-state index < -0.39 is 0 Å². The molecule has 0 bridgehead atoms. The Morgan fingerprint density at radius 3 is 2.61 bits per heavy atom. The van der Waals surface area contributed by atoms with Crippen LogP contribution in [-0.4, -0.2) is 6.41 Å². The molecule has 1 amide bonds. The zero-order valence-corrected chi connectivity index (χ0v) is 11.0. The highest BCUT2D eigenvalue weighted by molar-refractivity contribution is 7.98. The maximum Gasteiger partial charge on any atom is 0.211 e. The molecule has 1 N–H and O–H groups in total. The second-order valence-corrected chi connectivity index (χ2v) is 5.06. The summed E-state index contributed by atoms with van der Waals surface area (Å²) in [7, 11) is 0. The van der Waals surface area contributed by atoms with Crippen LogP contribution in [0.5, 0.6) is 0 Å². The molecular formula is C15H15NOS. The smallest absolute Gasteiger partial charge is 0.211 e. The number of nitrogens with one attached hydrogen (secondary N) is 1. The summed E-state index contributed by atoms with van der Waals surface area (Å²) in [5.41, 5.74) is 3.27. The van der Waals surface area contributed by atoms with Gasteiger partial charge < -0.3 is 5.32 Å². The minimum Gasteiger partial charge on any atom is -0.328 e. The third kappa shape index (κ3) is 3.37. The second kappa shape index (κ2) is 6.26. The summed E-state index contributed by atoms with van der Waals surface area (Å²) in [5.74, 6) is 0.959. The van der Waals surface area contributed by atoms with Crippen LogP contribution < -0.4 is 5.32 Å². The van der Waals surface area contributed by atoms with E-state index in [9.17, 15) is 4.79 Å². The summed E-state index contributed by atoms with van der Waals surface area (Å²) in [6.45, 7) is 2.00. The van der Waals surface area contributed by atoms with Crippen LogP contribution in [0.2, 0.25) is 0 Å². The molecule has 0 aromatic heterocycles. The van der Waals surface area contributed by atoms with Crippen molar-refractivity contribution in [2.24, 2.45) is 0 Å². The van der Waals surface area contributed by atoms with E-state index in [1.807, 2.05) is 25.1 Å². The van der Waals surface area contributed by atoms with E-state index in [-0.39, 0.29) is 0 Å². The lowest BCUT2D eigenvalue weighted by atomic mass is 10.2. The molecule has 2 rings (SSSR count). The molecule has 0 heterocycles. The fourth-order valence-electron chi connectivity index (χ4n) is 1.69. The molecule has 0 aliphatic heterocycles. The first-order valence-corrected chi connectivity index (χ1v) is 6.76. The van der Waals surface area contributed by atoms with Crippen molar-refractivity contribution in [2.45, 2.75) is 17.6 Å². The number of anilines is 1. The van der Waals surface area contributed by atoms with Crippen molar-refractivity contribution in [2.75, 3.05) is 5.32 Å². The molecule has 3 heteroatoms. The van der Waals surface area contributed by atoms with E-state index in [2.05, 4.69) is 35.6 Å². The van der Waals surface area contributed by atoms with Crippen molar-refractivity contribution in [3.63, 3.8) is 0 Å². The molecule has 18 heavy (non-hydrogen) atoms. The van der Waals surface area contributed by atoms with Crippen molar-refractivity contribution in [1.29, 1.82) is 0 Å². The topological polar surface area (TPSA) is 29.1 Å². The van der Waals surface area contributed by atoms with Crippen molar-refractivity contribution in [1.82, 2.24) is 0 Å². The number of aryl methyl sites for hydroxylation is 1. The zero-order valence-electron chi connectivity index (χ0n) is 10.2. The number of benzene rings is 2. The Morgan fingerprint density at radius 2 is 1.94 bits per heavy atom. The quantitative estimate of drug-likeness (QED) is 0.651. The average molecular weight is 257 g/mol. The lowest BCUT2D eigenvalue weighted by Gasteiger charge is -2.07. The SMILES string of the molecule is Cc1cc(SCc2ccccc2)ccc1NC=O. The molecule has 0 aliphatic rings. The molecule has 0 atom stereocenters. The van der Waals surface area contributed by atoms with Gasteiger partial charge in [0.05, 0.1) is 0 Å². The fourth-order valence-corrected chi connectivity index (χ4v) is 2.64. The van der Waals surface area contributed by atoms with Crippen LogP contribution in [0.4, 0.5) is 5.69 Å². The Bertz CT molecular complexity index is 525. The summed E-state index contributed by atoms with van der Waals surface area (Å²) >= 11 is 1.80. The van der Waals surface area contributed by atoms with Gasteiger partial charge >= 0.3 is 0 Å². The van der Waals surface area contributed by atoms with Crippen LogP contribution in [0.3, 0.4) is 0 Å². The van der Waals surface area contributed by atoms with Gasteiger partial charge in [-0.2, -0.15) is 0 Å². The van der Waals surface area contributed by atoms with Gasteiger partial charge in [-0.05, 0) is 36.2 Å². The first-order valence-electron chi connectivity index (χ1n) is 5.77. The summed E-state index contributed by atoms with van der Waals surface area (Å²) in [4.78, 5) is 11.6. The number of rotatable bonds is 5. The monoisotopic (exact) mass is 257 g/mol. The van der Waals surface area contributed by atoms with E-state index in [0.717, 1.165) is 17.0 Å². The first kappa shape index (κ1) is 12.7. The minimum atomic E-state index is 0.707. The largest absolute Gasteiger partial charge is 0.328 e. The molecule has 92 valence electrons. The Balaban J connectivity index is 2.02. The highest BCUT2D eigenvalue weighted by atomic mass is 32.2. The number of carbonyl (C=O) groups excluding carboxylic acids is 1. The molecule has 0 unspecified atom stereocenters. The molecular weight excluding hydrogens is 242 g/mol. The van der Waals surface area contributed by atoms with E-state index in [1.165, 1.54) is 10.5 Å². The van der Waals surface area contributed by atoms with Gasteiger partial charge in [0, 0.05) is 16.3 Å². The Hall–Kier alpha value is -1.74. The molecule has 0 aliphatic carbocycles. The fraction of sp³-hybridized carbons (Fsp3) is 0.133. The maximum atomic E-state index is 10.4. The van der Waals surface area contributed by atoms with Crippen LogP contribution in [0, 0.1) is 6.92 Å². The normalized spacial score (nSPS) is 10.1. The number of hydrogen-bond donors (Lipinski definition) is 1. The summed E-state index contributed by atoms with van der Waals surface area (Å²) in [5, 5.41) is 2.69. The minimum absolute atomic E-state index is 0.707. The summed E-state index contributed by atoms with van der Waals surface area (Å²) in [6.07, 6.45) is 0.707. The molecule has 0 fully saturated rings. The van der Waals surface area contributed by atoms with Gasteiger partial charge in [0.25, 0.3) is 0 Å². The van der Waals surface area contributed by atoms with Gasteiger partial charge in [-0.3, -0.25) is 4.79 Å². The molecule has 0 radical (unpaired) electrons. The van der Waals surface area contributed by atoms with Crippen LogP contribution in [0.25, 0.3) is 0 Å². The highest BCUT2D eigenvalue weighted by Crippen LogP contribution is 2.26. The standard InChI is InChI=1S/C15H15NOS/c1-12-9-14(7-8-15(12)16-11-17)18-10-13-5-3-2-4-6-13/h2-9,11H,10H2,1H3,(H,16,17). The van der Waals surface area contributed by atoms with Crippen LogP contribution >= 0.6 is 11.8 Å². The van der Waals surface area contributed by atoms with Gasteiger partial charge in [0.15, 0.2) is 0 Å². The molecule has 0 spiro atoms. The molecule has 2 aromatic carbocycles. The molecule has 2 nitrogen and oxygen atoms in total. The number of amides is 1. The van der Waals surface area contributed by atoms with E-state index in [4.69, 9.17) is 0 Å². The van der Waals surface area contributed by atoms with E-state index >= 15 is 0 Å². The third-order valence-electron chi connectivity index (χ3n) is 2.66. The first-order chi connectivity index (χ1) is 8.79. The lowest BCUT2D eigenvalue weighted by molar-refractivity contribution is -0.105. The van der Waals surface area contributed by atoms with Crippen LogP contribution in [0.1, 0.15) is 11.1 Å². The number of hydrogen-bond acceptors (Lipinski definition) is 2. The van der Waals surface area contributed by atoms with Gasteiger partial charge in [-0.25, -0.2) is 0 Å². The maximum absolute atomic E-state index is 10.4. The number of thioether (sulfide) groups is 1. The Kier molecular flexibility index (Phi) is 4.42. The van der Waals surface area contributed by atoms with Crippen molar-refractivity contribution in [3.05, 3.63) is 59.7 Å². The van der Waals surface area contributed by atoms with Gasteiger partial charge in [-0.15, -0.1) is 11.8 Å². The van der Waals surface area contributed by atoms with Crippen molar-refractivity contribution in [3.8, 4) is 0 Å². The lowest BCUT2D eigenvalue weighted by Crippen LogP contribution is -1.96. The molecule has 0 saturated carbocycles. The van der Waals surface area contributed by atoms with Crippen LogP contribution in [-0.2, 0) is 10.5 Å². The summed E-state index contributed by atoms with van der Waals surface area (Å²) < 4.78 is 0. The van der Waals surface area contributed by atoms with Crippen molar-refractivity contribution < 1.29 is 4.79 Å². The van der Waals surface area contributed by atoms with Crippen molar-refractivity contribution >= 4 is 23.9 Å². The summed E-state index contributed by atoms with van der Waals surface area (Å²) in [6, 6.07) is 16.5. The zero-order chi connectivity index (χ0) is 12.8. The van der Waals surface area contributed by atoms with Gasteiger partial charge in [0.2, 0.25) is 6.41 Å². The second-order valence-electron chi connectivity index (χ2n) is 4.01. The van der Waals surface area contributed by atoms with E-state index in [0.29, 0.717) is 6.41 Å². The predicted octanol–water partition coefficient (Wildman–Crippen LogP) is 3.86. The van der Waals surface area contributed by atoms with E-state index in [1.54, 1.807) is 11.8 Å². The number of carbonyl (C=O) groups is 1. The highest BCUT2D eigenvalue weighted by Gasteiger charge is 2.00. The molecule has 0 saturated heterocycles. The molecule has 2 aromatic rings. The average Bonchev–Trinajstić information content (AvgIpc) is 2.41. The van der Waals surface area contributed by atoms with Crippen LogP contribution in [0.15, 0.2) is 53.4 Å². The Morgan fingerprint density at radius 1 is 1.17 bits per heavy atom. The third-order valence-corrected chi connectivity index (χ3v) is 3.73. The van der Waals surface area contributed by atoms with Gasteiger partial charge in [0.1, 0.15) is 0 Å². The predicted molar refractivity (Wildman–Crippen MR) is 76.9 cm³/mol. The Labute approximate surface area is 111 Å². The van der Waals surface area contributed by atoms with Gasteiger partial charge in [-0.1, -0.05) is 30.3 Å².